The van der Waals surface area contributed by atoms with Crippen LogP contribution in [0, 0.1) is 6.92 Å². The summed E-state index contributed by atoms with van der Waals surface area (Å²) in [6, 6.07) is 15.5. The third-order valence-electron chi connectivity index (χ3n) is 8.63. The van der Waals surface area contributed by atoms with Crippen molar-refractivity contribution in [2.24, 2.45) is 0 Å². The molecule has 1 aliphatic heterocycles. The Hall–Kier alpha value is -4.63. The minimum atomic E-state index is -4.77. The van der Waals surface area contributed by atoms with Gasteiger partial charge >= 0.3 is 18.5 Å². The molecule has 1 aromatic heterocycles. The van der Waals surface area contributed by atoms with E-state index in [9.17, 15) is 35.9 Å². The maximum atomic E-state index is 13.4. The molecule has 8 nitrogen and oxygen atoms in total. The Morgan fingerprint density at radius 2 is 1.53 bits per heavy atom. The first-order valence-electron chi connectivity index (χ1n) is 16.9. The number of benzene rings is 3. The Bertz CT molecular complexity index is 1880. The average Bonchev–Trinajstić information content (AvgIpc) is 3.50. The fraction of sp³-hybridized carbons (Fsp3) is 0.395. The van der Waals surface area contributed by atoms with Gasteiger partial charge in [0.05, 0.1) is 17.9 Å². The van der Waals surface area contributed by atoms with Crippen molar-refractivity contribution in [2.45, 2.75) is 65.2 Å². The highest BCUT2D eigenvalue weighted by atomic mass is 32.1. The van der Waals surface area contributed by atoms with Crippen LogP contribution in [0.1, 0.15) is 59.2 Å². The van der Waals surface area contributed by atoms with Gasteiger partial charge in [-0.1, -0.05) is 12.1 Å². The zero-order valence-corrected chi connectivity index (χ0v) is 30.4. The zero-order chi connectivity index (χ0) is 38.6. The van der Waals surface area contributed by atoms with Crippen molar-refractivity contribution in [3.05, 3.63) is 94.0 Å². The van der Waals surface area contributed by atoms with Gasteiger partial charge in [0, 0.05) is 60.8 Å². The van der Waals surface area contributed by atoms with E-state index in [0.29, 0.717) is 66.6 Å². The molecule has 0 bridgehead atoms. The Labute approximate surface area is 307 Å². The number of aromatic nitrogens is 1. The average molecular weight is 764 g/mol. The number of rotatable bonds is 13. The van der Waals surface area contributed by atoms with E-state index in [4.69, 9.17) is 14.5 Å². The number of carbonyl (C=O) groups excluding carboxylic acids is 2. The lowest BCUT2D eigenvalue weighted by atomic mass is 10.0. The van der Waals surface area contributed by atoms with E-state index < -0.39 is 29.7 Å². The summed E-state index contributed by atoms with van der Waals surface area (Å²) in [5, 5.41) is 0.539. The Morgan fingerprint density at radius 3 is 2.11 bits per heavy atom. The first-order valence-corrected chi connectivity index (χ1v) is 17.7. The van der Waals surface area contributed by atoms with Crippen molar-refractivity contribution in [2.75, 3.05) is 37.7 Å². The minimum Gasteiger partial charge on any atom is -0.476 e. The second-order valence-corrected chi connectivity index (χ2v) is 14.1. The Balaban J connectivity index is 1.28. The van der Waals surface area contributed by atoms with Crippen molar-refractivity contribution in [1.29, 1.82) is 0 Å². The van der Waals surface area contributed by atoms with E-state index >= 15 is 0 Å². The molecule has 5 rings (SSSR count). The lowest BCUT2D eigenvalue weighted by Gasteiger charge is -2.36. The number of alkyl halides is 6. The van der Waals surface area contributed by atoms with Crippen LogP contribution in [0.25, 0.3) is 10.6 Å². The van der Waals surface area contributed by atoms with Crippen LogP contribution >= 0.6 is 11.3 Å². The lowest BCUT2D eigenvalue weighted by Crippen LogP contribution is -2.46. The highest BCUT2D eigenvalue weighted by Gasteiger charge is 2.33. The van der Waals surface area contributed by atoms with E-state index in [2.05, 4.69) is 14.5 Å². The molecule has 3 aromatic carbocycles. The molecule has 15 heteroatoms. The van der Waals surface area contributed by atoms with Crippen molar-refractivity contribution in [1.82, 2.24) is 9.88 Å². The topological polar surface area (TPSA) is 81.2 Å². The molecule has 4 aromatic rings. The minimum absolute atomic E-state index is 0.125. The third-order valence-corrected chi connectivity index (χ3v) is 9.83. The second-order valence-electron chi connectivity index (χ2n) is 13.0. The van der Waals surface area contributed by atoms with Crippen molar-refractivity contribution in [3.8, 4) is 22.1 Å². The van der Waals surface area contributed by atoms with Crippen LogP contribution in [0.2, 0.25) is 0 Å². The summed E-state index contributed by atoms with van der Waals surface area (Å²) < 4.78 is 92.4. The highest BCUT2D eigenvalue weighted by Crippen LogP contribution is 2.35. The molecule has 0 saturated carbocycles. The van der Waals surface area contributed by atoms with Crippen molar-refractivity contribution in [3.63, 3.8) is 0 Å². The van der Waals surface area contributed by atoms with Gasteiger partial charge in [-0.2, -0.15) is 13.2 Å². The number of hydrogen-bond donors (Lipinski definition) is 0. The molecular weight excluding hydrogens is 724 g/mol. The first-order chi connectivity index (χ1) is 24.9. The molecule has 0 N–H and O–H groups in total. The number of halogens is 6. The molecule has 0 spiro atoms. The summed E-state index contributed by atoms with van der Waals surface area (Å²) in [6.45, 7) is 9.78. The molecule has 0 radical (unpaired) electrons. The Kier molecular flexibility index (Phi) is 12.1. The molecule has 0 unspecified atom stereocenters. The molecule has 53 heavy (non-hydrogen) atoms. The molecule has 0 amide bonds. The van der Waals surface area contributed by atoms with Crippen molar-refractivity contribution < 1.29 is 50.1 Å². The van der Waals surface area contributed by atoms with Gasteiger partial charge < -0.3 is 19.1 Å². The summed E-state index contributed by atoms with van der Waals surface area (Å²) in [5.74, 6) is -0.488. The van der Waals surface area contributed by atoms with Crippen LogP contribution in [0.5, 0.6) is 11.5 Å². The number of esters is 1. The van der Waals surface area contributed by atoms with Gasteiger partial charge in [0.25, 0.3) is 0 Å². The molecule has 0 aliphatic carbocycles. The van der Waals surface area contributed by atoms with E-state index in [1.807, 2.05) is 0 Å². The van der Waals surface area contributed by atoms with Gasteiger partial charge in [-0.25, -0.2) is 9.78 Å². The number of piperazine rings is 1. The lowest BCUT2D eigenvalue weighted by molar-refractivity contribution is -0.274. The number of nitrogens with zero attached hydrogens (tertiary/aromatic N) is 3. The molecule has 1 fully saturated rings. The summed E-state index contributed by atoms with van der Waals surface area (Å²) in [6.07, 6.45) is -8.74. The highest BCUT2D eigenvalue weighted by molar-refractivity contribution is 7.15. The number of anilines is 1. The number of Topliss-reactive ketones (excluding diaryl/α,β-unsaturated/α-hetero) is 1. The summed E-state index contributed by atoms with van der Waals surface area (Å²) in [5.41, 5.74) is 1.15. The van der Waals surface area contributed by atoms with Gasteiger partial charge in [-0.15, -0.1) is 24.5 Å². The SMILES string of the molecule is CCOC(=O)C(C)(C)Oc1ccc(C(=O)CCc2sc(-c3ccc(C(F)(F)F)cc3)nc2CN2CCN(c3ccc(OC(F)(F)F)cc3)CC2)cc1C. The fourth-order valence-electron chi connectivity index (χ4n) is 5.79. The molecule has 2 heterocycles. The van der Waals surface area contributed by atoms with Crippen LogP contribution in [-0.4, -0.2) is 66.4 Å². The number of thiazole rings is 1. The monoisotopic (exact) mass is 763 g/mol. The standard InChI is InChI=1S/C38H39F6N3O5S/c1-5-50-35(49)36(3,4)52-32-16-8-26(22-24(32)2)31(48)15-17-33-30(45-34(53-33)25-6-9-27(10-7-25)37(39,40)41)23-46-18-20-47(21-19-46)28-11-13-29(14-12-28)51-38(42,43)44/h6-14,16,22H,5,15,17-21,23H2,1-4H3. The van der Waals surface area contributed by atoms with E-state index in [0.717, 1.165) is 28.4 Å². The normalized spacial score (nSPS) is 14.3. The van der Waals surface area contributed by atoms with E-state index in [-0.39, 0.29) is 24.6 Å². The second kappa shape index (κ2) is 16.2. The predicted octanol–water partition coefficient (Wildman–Crippen LogP) is 8.89. The molecule has 1 aliphatic rings. The van der Waals surface area contributed by atoms with Gasteiger partial charge in [-0.05, 0) is 94.3 Å². The number of carbonyl (C=O) groups is 2. The Morgan fingerprint density at radius 1 is 0.868 bits per heavy atom. The van der Waals surface area contributed by atoms with Crippen molar-refractivity contribution >= 4 is 28.8 Å². The van der Waals surface area contributed by atoms with Crippen LogP contribution in [0.15, 0.2) is 66.7 Å². The molecule has 284 valence electrons. The molecular formula is C38H39F6N3O5S. The van der Waals surface area contributed by atoms with E-state index in [1.165, 1.54) is 35.6 Å². The quantitative estimate of drug-likeness (QED) is 0.0760. The first kappa shape index (κ1) is 39.6. The van der Waals surface area contributed by atoms with Crippen LogP contribution in [0.4, 0.5) is 32.0 Å². The van der Waals surface area contributed by atoms with Crippen LogP contribution < -0.4 is 14.4 Å². The maximum absolute atomic E-state index is 13.4. The van der Waals surface area contributed by atoms with Gasteiger partial charge in [0.15, 0.2) is 11.4 Å². The smallest absolute Gasteiger partial charge is 0.476 e. The van der Waals surface area contributed by atoms with E-state index in [1.54, 1.807) is 58.0 Å². The molecule has 1 saturated heterocycles. The van der Waals surface area contributed by atoms with Gasteiger partial charge in [0.2, 0.25) is 0 Å². The number of ether oxygens (including phenoxy) is 3. The van der Waals surface area contributed by atoms with Gasteiger partial charge in [-0.3, -0.25) is 9.69 Å². The number of aryl methyl sites for hydroxylation is 2. The molecule has 0 atom stereocenters. The fourth-order valence-corrected chi connectivity index (χ4v) is 6.87. The summed E-state index contributed by atoms with van der Waals surface area (Å²) >= 11 is 1.34. The summed E-state index contributed by atoms with van der Waals surface area (Å²) in [4.78, 5) is 35.6. The maximum Gasteiger partial charge on any atom is 0.573 e. The summed E-state index contributed by atoms with van der Waals surface area (Å²) in [7, 11) is 0. The third kappa shape index (κ3) is 10.5. The number of hydrogen-bond acceptors (Lipinski definition) is 9. The predicted molar refractivity (Wildman–Crippen MR) is 188 cm³/mol. The van der Waals surface area contributed by atoms with Crippen LogP contribution in [-0.2, 0) is 28.7 Å². The largest absolute Gasteiger partial charge is 0.573 e. The van der Waals surface area contributed by atoms with Crippen LogP contribution in [0.3, 0.4) is 0 Å². The zero-order valence-electron chi connectivity index (χ0n) is 29.6. The number of ketones is 1. The van der Waals surface area contributed by atoms with Gasteiger partial charge in [0.1, 0.15) is 16.5 Å².